The van der Waals surface area contributed by atoms with Crippen molar-refractivity contribution in [3.8, 4) is 5.69 Å². The molecule has 0 spiro atoms. The summed E-state index contributed by atoms with van der Waals surface area (Å²) in [6, 6.07) is 12.0. The summed E-state index contributed by atoms with van der Waals surface area (Å²) in [5, 5.41) is 13.7. The van der Waals surface area contributed by atoms with Crippen LogP contribution in [0, 0.1) is 5.92 Å². The second-order valence-electron chi connectivity index (χ2n) is 5.50. The van der Waals surface area contributed by atoms with Crippen LogP contribution in [0.5, 0.6) is 0 Å². The molecule has 2 heterocycles. The normalized spacial score (nSPS) is 19.5. The zero-order chi connectivity index (χ0) is 14.7. The molecule has 0 unspecified atom stereocenters. The van der Waals surface area contributed by atoms with E-state index in [4.69, 9.17) is 5.11 Å². The lowest BCUT2D eigenvalue weighted by molar-refractivity contribution is -0.143. The van der Waals surface area contributed by atoms with Gasteiger partial charge in [0.05, 0.1) is 17.3 Å². The minimum absolute atomic E-state index is 0.241. The predicted molar refractivity (Wildman–Crippen MR) is 79.2 cm³/mol. The number of nitrogens with zero attached hydrogens (tertiary/aromatic N) is 3. The highest BCUT2D eigenvalue weighted by Crippen LogP contribution is 2.18. The van der Waals surface area contributed by atoms with Gasteiger partial charge in [0.25, 0.3) is 0 Å². The molecule has 21 heavy (non-hydrogen) atoms. The van der Waals surface area contributed by atoms with Gasteiger partial charge in [0, 0.05) is 19.3 Å². The van der Waals surface area contributed by atoms with E-state index >= 15 is 0 Å². The molecular weight excluding hydrogens is 266 g/mol. The fourth-order valence-electron chi connectivity index (χ4n) is 2.80. The van der Waals surface area contributed by atoms with Gasteiger partial charge in [0.2, 0.25) is 0 Å². The highest BCUT2D eigenvalue weighted by atomic mass is 16.4. The molecule has 0 saturated carbocycles. The van der Waals surface area contributed by atoms with E-state index in [1.54, 1.807) is 0 Å². The molecule has 3 rings (SSSR count). The Morgan fingerprint density at radius 3 is 2.86 bits per heavy atom. The first-order chi connectivity index (χ1) is 10.2. The standard InChI is InChI=1S/C16H19N3O2/c20-16(21)13-5-4-9-18(11-13)12-14-8-10-19(17-14)15-6-2-1-3-7-15/h1-3,6-8,10,13H,4-5,9,11-12H2,(H,20,21)/t13-/m1/s1. The van der Waals surface area contributed by atoms with Crippen molar-refractivity contribution >= 4 is 5.97 Å². The van der Waals surface area contributed by atoms with Gasteiger partial charge in [-0.1, -0.05) is 18.2 Å². The Morgan fingerprint density at radius 1 is 1.29 bits per heavy atom. The minimum Gasteiger partial charge on any atom is -0.481 e. The SMILES string of the molecule is O=C(O)[C@@H]1CCCN(Cc2ccn(-c3ccccc3)n2)C1. The Labute approximate surface area is 123 Å². The summed E-state index contributed by atoms with van der Waals surface area (Å²) >= 11 is 0. The number of aromatic nitrogens is 2. The summed E-state index contributed by atoms with van der Waals surface area (Å²) in [4.78, 5) is 13.3. The van der Waals surface area contributed by atoms with Gasteiger partial charge in [-0.15, -0.1) is 0 Å². The molecule has 0 radical (unpaired) electrons. The summed E-state index contributed by atoms with van der Waals surface area (Å²) in [5.74, 6) is -0.926. The third-order valence-electron chi connectivity index (χ3n) is 3.91. The van der Waals surface area contributed by atoms with Crippen molar-refractivity contribution in [1.82, 2.24) is 14.7 Å². The average molecular weight is 285 g/mol. The van der Waals surface area contributed by atoms with Crippen molar-refractivity contribution in [1.29, 1.82) is 0 Å². The van der Waals surface area contributed by atoms with Crippen molar-refractivity contribution < 1.29 is 9.90 Å². The minimum atomic E-state index is -0.686. The number of hydrogen-bond donors (Lipinski definition) is 1. The van der Waals surface area contributed by atoms with E-state index in [1.165, 1.54) is 0 Å². The fraction of sp³-hybridized carbons (Fsp3) is 0.375. The number of aliphatic carboxylic acids is 1. The lowest BCUT2D eigenvalue weighted by atomic mass is 9.98. The highest BCUT2D eigenvalue weighted by Gasteiger charge is 2.25. The van der Waals surface area contributed by atoms with Gasteiger partial charge >= 0.3 is 5.97 Å². The maximum Gasteiger partial charge on any atom is 0.307 e. The number of hydrogen-bond acceptors (Lipinski definition) is 3. The van der Waals surface area contributed by atoms with E-state index in [2.05, 4.69) is 10.00 Å². The second-order valence-corrected chi connectivity index (χ2v) is 5.50. The lowest BCUT2D eigenvalue weighted by Crippen LogP contribution is -2.38. The zero-order valence-corrected chi connectivity index (χ0v) is 11.9. The van der Waals surface area contributed by atoms with E-state index in [1.807, 2.05) is 47.3 Å². The molecule has 1 saturated heterocycles. The number of para-hydroxylation sites is 1. The molecule has 5 heteroatoms. The van der Waals surface area contributed by atoms with Crippen LogP contribution in [0.15, 0.2) is 42.6 Å². The summed E-state index contributed by atoms with van der Waals surface area (Å²) in [6.07, 6.45) is 3.67. The van der Waals surface area contributed by atoms with Crippen LogP contribution in [0.3, 0.4) is 0 Å². The smallest absolute Gasteiger partial charge is 0.307 e. The van der Waals surface area contributed by atoms with Crippen LogP contribution < -0.4 is 0 Å². The van der Waals surface area contributed by atoms with E-state index < -0.39 is 5.97 Å². The van der Waals surface area contributed by atoms with Gasteiger partial charge in [-0.2, -0.15) is 5.10 Å². The summed E-state index contributed by atoms with van der Waals surface area (Å²) in [5.41, 5.74) is 2.01. The van der Waals surface area contributed by atoms with Gasteiger partial charge < -0.3 is 5.11 Å². The molecular formula is C16H19N3O2. The van der Waals surface area contributed by atoms with Crippen LogP contribution in [0.25, 0.3) is 5.69 Å². The predicted octanol–water partition coefficient (Wildman–Crippen LogP) is 2.17. The molecule has 0 amide bonds. The first-order valence-electron chi connectivity index (χ1n) is 7.27. The van der Waals surface area contributed by atoms with E-state index in [9.17, 15) is 4.79 Å². The highest BCUT2D eigenvalue weighted by molar-refractivity contribution is 5.70. The van der Waals surface area contributed by atoms with Crippen molar-refractivity contribution in [3.05, 3.63) is 48.3 Å². The third kappa shape index (κ3) is 3.31. The van der Waals surface area contributed by atoms with Gasteiger partial charge in [-0.3, -0.25) is 9.69 Å². The quantitative estimate of drug-likeness (QED) is 0.935. The van der Waals surface area contributed by atoms with E-state index in [0.29, 0.717) is 13.1 Å². The van der Waals surface area contributed by atoms with E-state index in [-0.39, 0.29) is 5.92 Å². The topological polar surface area (TPSA) is 58.4 Å². The van der Waals surface area contributed by atoms with Crippen molar-refractivity contribution in [2.24, 2.45) is 5.92 Å². The van der Waals surface area contributed by atoms with Gasteiger partial charge in [-0.05, 0) is 37.6 Å². The Kier molecular flexibility index (Phi) is 4.01. The number of carboxylic acid groups (broad SMARTS) is 1. The molecule has 1 fully saturated rings. The van der Waals surface area contributed by atoms with Crippen LogP contribution in [0.2, 0.25) is 0 Å². The summed E-state index contributed by atoms with van der Waals surface area (Å²) < 4.78 is 1.86. The van der Waals surface area contributed by atoms with Crippen LogP contribution in [0.1, 0.15) is 18.5 Å². The fourth-order valence-corrected chi connectivity index (χ4v) is 2.80. The third-order valence-corrected chi connectivity index (χ3v) is 3.91. The first-order valence-corrected chi connectivity index (χ1v) is 7.27. The Balaban J connectivity index is 1.66. The molecule has 0 aliphatic carbocycles. The Hall–Kier alpha value is -2.14. The number of piperidine rings is 1. The summed E-state index contributed by atoms with van der Waals surface area (Å²) in [6.45, 7) is 2.28. The summed E-state index contributed by atoms with van der Waals surface area (Å²) in [7, 11) is 0. The molecule has 1 N–H and O–H groups in total. The number of likely N-dealkylation sites (tertiary alicyclic amines) is 1. The number of carbonyl (C=O) groups is 1. The van der Waals surface area contributed by atoms with Gasteiger partial charge in [0.1, 0.15) is 0 Å². The molecule has 1 aliphatic rings. The van der Waals surface area contributed by atoms with Crippen molar-refractivity contribution in [2.45, 2.75) is 19.4 Å². The van der Waals surface area contributed by atoms with Crippen LogP contribution in [0.4, 0.5) is 0 Å². The molecule has 2 aromatic rings. The molecule has 0 bridgehead atoms. The van der Waals surface area contributed by atoms with Gasteiger partial charge in [0.15, 0.2) is 0 Å². The van der Waals surface area contributed by atoms with E-state index in [0.717, 1.165) is 30.8 Å². The second kappa shape index (κ2) is 6.10. The molecule has 1 aliphatic heterocycles. The number of carboxylic acids is 1. The molecule has 1 aromatic heterocycles. The Morgan fingerprint density at radius 2 is 2.10 bits per heavy atom. The molecule has 1 atom stereocenters. The molecule has 1 aromatic carbocycles. The zero-order valence-electron chi connectivity index (χ0n) is 11.9. The Bertz CT molecular complexity index is 609. The molecule has 110 valence electrons. The van der Waals surface area contributed by atoms with Crippen molar-refractivity contribution in [2.75, 3.05) is 13.1 Å². The first kappa shape index (κ1) is 13.8. The van der Waals surface area contributed by atoms with Gasteiger partial charge in [-0.25, -0.2) is 4.68 Å². The maximum absolute atomic E-state index is 11.1. The average Bonchev–Trinajstić information content (AvgIpc) is 2.97. The monoisotopic (exact) mass is 285 g/mol. The van der Waals surface area contributed by atoms with Crippen LogP contribution in [-0.2, 0) is 11.3 Å². The van der Waals surface area contributed by atoms with Crippen LogP contribution >= 0.6 is 0 Å². The van der Waals surface area contributed by atoms with Crippen LogP contribution in [-0.4, -0.2) is 38.8 Å². The largest absolute Gasteiger partial charge is 0.481 e. The lowest BCUT2D eigenvalue weighted by Gasteiger charge is -2.29. The number of benzene rings is 1. The van der Waals surface area contributed by atoms with Crippen molar-refractivity contribution in [3.63, 3.8) is 0 Å². The maximum atomic E-state index is 11.1. The number of rotatable bonds is 4. The molecule has 5 nitrogen and oxygen atoms in total.